The van der Waals surface area contributed by atoms with Gasteiger partial charge in [-0.3, -0.25) is 9.36 Å². The number of carbonyl (C=O) groups is 1. The summed E-state index contributed by atoms with van der Waals surface area (Å²) in [5.74, 6) is 0.479. The third-order valence-corrected chi connectivity index (χ3v) is 6.81. The standard InChI is InChI=1S/C23H28N4O3/c1-16-10-15-30-21(16)22(28)26-13-6-17(7-14-26)25-11-8-18(9-12-25)27-20-5-3-2-4-19(20)24-23(27)29/h2-5,10,15,17-18H,6-9,11-14H2,1H3,(H,24,29). The lowest BCUT2D eigenvalue weighted by Gasteiger charge is -2.41. The lowest BCUT2D eigenvalue weighted by molar-refractivity contribution is 0.0532. The van der Waals surface area contributed by atoms with Crippen LogP contribution in [0.15, 0.2) is 45.8 Å². The molecule has 5 rings (SSSR count). The van der Waals surface area contributed by atoms with Crippen LogP contribution in [0.25, 0.3) is 11.0 Å². The SMILES string of the molecule is Cc1ccoc1C(=O)N1CCC(N2CCC(n3c(=O)[nH]c4ccccc43)CC2)CC1. The molecule has 2 aliphatic heterocycles. The van der Waals surface area contributed by atoms with Crippen molar-refractivity contribution in [2.45, 2.75) is 44.7 Å². The van der Waals surface area contributed by atoms with Crippen molar-refractivity contribution < 1.29 is 9.21 Å². The van der Waals surface area contributed by atoms with Crippen LogP contribution in [-0.2, 0) is 0 Å². The summed E-state index contributed by atoms with van der Waals surface area (Å²) >= 11 is 0. The van der Waals surface area contributed by atoms with Crippen LogP contribution in [0.3, 0.4) is 0 Å². The minimum atomic E-state index is -0.00492. The van der Waals surface area contributed by atoms with E-state index in [1.165, 1.54) is 0 Å². The van der Waals surface area contributed by atoms with E-state index in [1.807, 2.05) is 46.7 Å². The molecule has 2 fully saturated rings. The molecule has 0 bridgehead atoms. The quantitative estimate of drug-likeness (QED) is 0.722. The number of aromatic nitrogens is 2. The Bertz CT molecular complexity index is 1100. The number of piperidine rings is 2. The van der Waals surface area contributed by atoms with Gasteiger partial charge in [0, 0.05) is 43.8 Å². The predicted molar refractivity (Wildman–Crippen MR) is 115 cm³/mol. The summed E-state index contributed by atoms with van der Waals surface area (Å²) in [7, 11) is 0. The zero-order valence-electron chi connectivity index (χ0n) is 17.3. The Morgan fingerprint density at radius 3 is 2.40 bits per heavy atom. The van der Waals surface area contributed by atoms with Crippen molar-refractivity contribution in [1.29, 1.82) is 0 Å². The molecule has 2 aliphatic rings. The molecule has 2 saturated heterocycles. The number of likely N-dealkylation sites (tertiary alicyclic amines) is 2. The Kier molecular flexibility index (Phi) is 4.98. The van der Waals surface area contributed by atoms with Crippen molar-refractivity contribution in [3.8, 4) is 0 Å². The van der Waals surface area contributed by atoms with Crippen LogP contribution >= 0.6 is 0 Å². The Labute approximate surface area is 175 Å². The highest BCUT2D eigenvalue weighted by Gasteiger charge is 2.32. The molecule has 1 aromatic carbocycles. The molecule has 4 heterocycles. The largest absolute Gasteiger partial charge is 0.459 e. The highest BCUT2D eigenvalue weighted by molar-refractivity contribution is 5.92. The number of nitrogens with zero attached hydrogens (tertiary/aromatic N) is 3. The summed E-state index contributed by atoms with van der Waals surface area (Å²) in [6, 6.07) is 10.5. The number of furan rings is 1. The minimum Gasteiger partial charge on any atom is -0.459 e. The molecule has 7 heteroatoms. The number of aryl methyl sites for hydroxylation is 1. The maximum atomic E-state index is 12.7. The van der Waals surface area contributed by atoms with Crippen LogP contribution in [-0.4, -0.2) is 57.5 Å². The summed E-state index contributed by atoms with van der Waals surface area (Å²) in [6.45, 7) is 5.43. The first kappa shape index (κ1) is 19.2. The normalized spacial score (nSPS) is 19.6. The zero-order valence-corrected chi connectivity index (χ0v) is 17.3. The first-order chi connectivity index (χ1) is 14.6. The number of hydrogen-bond donors (Lipinski definition) is 1. The maximum absolute atomic E-state index is 12.7. The molecule has 0 spiro atoms. The van der Waals surface area contributed by atoms with Gasteiger partial charge in [-0.05, 0) is 50.8 Å². The van der Waals surface area contributed by atoms with Gasteiger partial charge in [-0.1, -0.05) is 12.1 Å². The highest BCUT2D eigenvalue weighted by atomic mass is 16.3. The van der Waals surface area contributed by atoms with Crippen molar-refractivity contribution in [3.63, 3.8) is 0 Å². The first-order valence-corrected chi connectivity index (χ1v) is 10.9. The molecule has 0 unspecified atom stereocenters. The van der Waals surface area contributed by atoms with Crippen molar-refractivity contribution in [3.05, 3.63) is 58.4 Å². The van der Waals surface area contributed by atoms with Crippen molar-refractivity contribution >= 4 is 16.9 Å². The summed E-state index contributed by atoms with van der Waals surface area (Å²) < 4.78 is 7.32. The average Bonchev–Trinajstić information content (AvgIpc) is 3.35. The molecule has 0 radical (unpaired) electrons. The lowest BCUT2D eigenvalue weighted by Crippen LogP contribution is -2.49. The lowest BCUT2D eigenvalue weighted by atomic mass is 9.97. The molecule has 3 aromatic rings. The van der Waals surface area contributed by atoms with Gasteiger partial charge in [-0.2, -0.15) is 0 Å². The van der Waals surface area contributed by atoms with Gasteiger partial charge >= 0.3 is 5.69 Å². The molecule has 158 valence electrons. The molecule has 7 nitrogen and oxygen atoms in total. The molecule has 0 aliphatic carbocycles. The van der Waals surface area contributed by atoms with E-state index in [2.05, 4.69) is 9.88 Å². The second-order valence-electron chi connectivity index (χ2n) is 8.54. The molecular formula is C23H28N4O3. The second-order valence-corrected chi connectivity index (χ2v) is 8.54. The summed E-state index contributed by atoms with van der Waals surface area (Å²) in [5, 5.41) is 0. The molecule has 2 aromatic heterocycles. The number of fused-ring (bicyclic) bond motifs is 1. The van der Waals surface area contributed by atoms with Crippen LogP contribution in [0.1, 0.15) is 47.8 Å². The fourth-order valence-corrected chi connectivity index (χ4v) is 5.12. The Morgan fingerprint density at radius 1 is 1.00 bits per heavy atom. The van der Waals surface area contributed by atoms with Crippen LogP contribution in [0, 0.1) is 6.92 Å². The number of benzene rings is 1. The summed E-state index contributed by atoms with van der Waals surface area (Å²) in [4.78, 5) is 32.6. The van der Waals surface area contributed by atoms with Crippen LogP contribution in [0.2, 0.25) is 0 Å². The van der Waals surface area contributed by atoms with E-state index in [9.17, 15) is 9.59 Å². The van der Waals surface area contributed by atoms with E-state index in [1.54, 1.807) is 6.26 Å². The Morgan fingerprint density at radius 2 is 1.70 bits per heavy atom. The number of hydrogen-bond acceptors (Lipinski definition) is 4. The minimum absolute atomic E-state index is 0.00492. The molecule has 0 saturated carbocycles. The summed E-state index contributed by atoms with van der Waals surface area (Å²) in [5.41, 5.74) is 2.81. The fourth-order valence-electron chi connectivity index (χ4n) is 5.12. The third kappa shape index (κ3) is 3.37. The third-order valence-electron chi connectivity index (χ3n) is 6.81. The highest BCUT2D eigenvalue weighted by Crippen LogP contribution is 2.28. The molecular weight excluding hydrogens is 380 g/mol. The Balaban J connectivity index is 1.19. The number of amides is 1. The van der Waals surface area contributed by atoms with Gasteiger partial charge in [-0.25, -0.2) is 4.79 Å². The molecule has 1 N–H and O–H groups in total. The molecule has 1 amide bonds. The second kappa shape index (κ2) is 7.80. The topological polar surface area (TPSA) is 74.5 Å². The Hall–Kier alpha value is -2.80. The van der Waals surface area contributed by atoms with E-state index < -0.39 is 0 Å². The van der Waals surface area contributed by atoms with Gasteiger partial charge in [0.05, 0.1) is 17.3 Å². The van der Waals surface area contributed by atoms with Gasteiger partial charge < -0.3 is 19.2 Å². The van der Waals surface area contributed by atoms with E-state index in [4.69, 9.17) is 4.42 Å². The smallest absolute Gasteiger partial charge is 0.326 e. The number of imidazole rings is 1. The monoisotopic (exact) mass is 408 g/mol. The molecule has 30 heavy (non-hydrogen) atoms. The number of nitrogens with one attached hydrogen (secondary N) is 1. The average molecular weight is 409 g/mol. The number of carbonyl (C=O) groups excluding carboxylic acids is 1. The van der Waals surface area contributed by atoms with Crippen molar-refractivity contribution in [1.82, 2.24) is 19.4 Å². The number of para-hydroxylation sites is 2. The van der Waals surface area contributed by atoms with Gasteiger partial charge in [0.15, 0.2) is 5.76 Å². The van der Waals surface area contributed by atoms with E-state index in [-0.39, 0.29) is 17.6 Å². The van der Waals surface area contributed by atoms with E-state index in [0.29, 0.717) is 11.8 Å². The van der Waals surface area contributed by atoms with Gasteiger partial charge in [0.2, 0.25) is 0 Å². The fraction of sp³-hybridized carbons (Fsp3) is 0.478. The number of aromatic amines is 1. The predicted octanol–water partition coefficient (Wildman–Crippen LogP) is 3.17. The van der Waals surface area contributed by atoms with Crippen molar-refractivity contribution in [2.75, 3.05) is 26.2 Å². The molecule has 0 atom stereocenters. The summed E-state index contributed by atoms with van der Waals surface area (Å²) in [6.07, 6.45) is 5.52. The maximum Gasteiger partial charge on any atom is 0.326 e. The van der Waals surface area contributed by atoms with Gasteiger partial charge in [0.25, 0.3) is 5.91 Å². The number of rotatable bonds is 3. The number of H-pyrrole nitrogens is 1. The van der Waals surface area contributed by atoms with E-state index >= 15 is 0 Å². The van der Waals surface area contributed by atoms with Gasteiger partial charge in [-0.15, -0.1) is 0 Å². The van der Waals surface area contributed by atoms with Crippen LogP contribution in [0.4, 0.5) is 0 Å². The first-order valence-electron chi connectivity index (χ1n) is 10.9. The van der Waals surface area contributed by atoms with Crippen molar-refractivity contribution in [2.24, 2.45) is 0 Å². The van der Waals surface area contributed by atoms with Gasteiger partial charge in [0.1, 0.15) is 0 Å². The van der Waals surface area contributed by atoms with E-state index in [0.717, 1.165) is 68.5 Å². The van der Waals surface area contributed by atoms with Crippen LogP contribution < -0.4 is 5.69 Å². The van der Waals surface area contributed by atoms with Crippen LogP contribution in [0.5, 0.6) is 0 Å². The zero-order chi connectivity index (χ0) is 20.7.